The molecular formula is C14H19NO2S. The molecule has 1 heterocycles. The van der Waals surface area contributed by atoms with E-state index in [-0.39, 0.29) is 0 Å². The van der Waals surface area contributed by atoms with Crippen LogP contribution in [0.1, 0.15) is 29.9 Å². The Morgan fingerprint density at radius 3 is 2.61 bits per heavy atom. The zero-order valence-electron chi connectivity index (χ0n) is 10.4. The molecule has 18 heavy (non-hydrogen) atoms. The highest BCUT2D eigenvalue weighted by Gasteiger charge is 2.28. The molecule has 0 amide bonds. The fourth-order valence-corrected chi connectivity index (χ4v) is 4.44. The average Bonchev–Trinajstić information content (AvgIpc) is 2.32. The maximum atomic E-state index is 11.3. The van der Waals surface area contributed by atoms with Crippen molar-refractivity contribution < 1.29 is 8.42 Å². The lowest BCUT2D eigenvalue weighted by molar-refractivity contribution is 0.430. The second kappa shape index (κ2) is 4.67. The maximum absolute atomic E-state index is 11.3. The maximum Gasteiger partial charge on any atom is 0.150 e. The smallest absolute Gasteiger partial charge is 0.150 e. The number of benzene rings is 1. The van der Waals surface area contributed by atoms with Crippen molar-refractivity contribution in [1.29, 1.82) is 0 Å². The summed E-state index contributed by atoms with van der Waals surface area (Å²) in [5.41, 5.74) is 2.93. The van der Waals surface area contributed by atoms with Crippen LogP contribution in [0, 0.1) is 0 Å². The number of hydrogen-bond acceptors (Lipinski definition) is 3. The molecule has 1 atom stereocenters. The molecular weight excluding hydrogens is 246 g/mol. The Balaban J connectivity index is 1.50. The Bertz CT molecular complexity index is 524. The lowest BCUT2D eigenvalue weighted by Crippen LogP contribution is -2.41. The fourth-order valence-electron chi connectivity index (χ4n) is 2.95. The van der Waals surface area contributed by atoms with Gasteiger partial charge in [-0.2, -0.15) is 0 Å². The summed E-state index contributed by atoms with van der Waals surface area (Å²) in [5.74, 6) is 1.33. The molecule has 1 aliphatic heterocycles. The normalized spacial score (nSPS) is 26.3. The molecule has 4 heteroatoms. The zero-order valence-corrected chi connectivity index (χ0v) is 11.2. The van der Waals surface area contributed by atoms with E-state index in [4.69, 9.17) is 0 Å². The Kier molecular flexibility index (Phi) is 3.16. The molecule has 0 bridgehead atoms. The van der Waals surface area contributed by atoms with E-state index in [0.29, 0.717) is 23.5 Å². The molecule has 0 radical (unpaired) electrons. The van der Waals surface area contributed by atoms with Crippen LogP contribution in [-0.2, 0) is 16.3 Å². The highest BCUT2D eigenvalue weighted by atomic mass is 32.2. The number of sulfone groups is 1. The molecule has 1 N–H and O–H groups in total. The minimum atomic E-state index is -2.73. The standard InChI is InChI=1S/C14H19NO2S/c16-18(17)7-5-13(6-8-18)15-10-12-9-11-3-1-2-4-14(11)12/h1-4,12-13,15H,5-10H2. The largest absolute Gasteiger partial charge is 0.313 e. The van der Waals surface area contributed by atoms with Crippen LogP contribution < -0.4 is 5.32 Å². The summed E-state index contributed by atoms with van der Waals surface area (Å²) in [5, 5.41) is 3.54. The summed E-state index contributed by atoms with van der Waals surface area (Å²) in [6.45, 7) is 0.988. The van der Waals surface area contributed by atoms with Gasteiger partial charge in [0.1, 0.15) is 9.84 Å². The molecule has 1 fully saturated rings. The van der Waals surface area contributed by atoms with Crippen LogP contribution in [0.5, 0.6) is 0 Å². The van der Waals surface area contributed by atoms with Crippen molar-refractivity contribution in [3.05, 3.63) is 35.4 Å². The van der Waals surface area contributed by atoms with Crippen molar-refractivity contribution in [3.63, 3.8) is 0 Å². The van der Waals surface area contributed by atoms with Crippen molar-refractivity contribution in [1.82, 2.24) is 5.32 Å². The number of fused-ring (bicyclic) bond motifs is 1. The van der Waals surface area contributed by atoms with E-state index in [1.54, 1.807) is 0 Å². The molecule has 0 saturated carbocycles. The van der Waals surface area contributed by atoms with Gasteiger partial charge < -0.3 is 5.32 Å². The third kappa shape index (κ3) is 2.45. The molecule has 98 valence electrons. The summed E-state index contributed by atoms with van der Waals surface area (Å²) in [7, 11) is -2.73. The van der Waals surface area contributed by atoms with Crippen LogP contribution in [0.25, 0.3) is 0 Å². The summed E-state index contributed by atoms with van der Waals surface area (Å²) in [4.78, 5) is 0. The first-order valence-corrected chi connectivity index (χ1v) is 8.48. The summed E-state index contributed by atoms with van der Waals surface area (Å²) in [6.07, 6.45) is 2.71. The molecule has 3 rings (SSSR count). The van der Waals surface area contributed by atoms with Gasteiger partial charge in [-0.05, 0) is 30.4 Å². The zero-order chi connectivity index (χ0) is 12.6. The minimum Gasteiger partial charge on any atom is -0.313 e. The third-order valence-corrected chi connectivity index (χ3v) is 5.88. The highest BCUT2D eigenvalue weighted by Crippen LogP contribution is 2.34. The molecule has 1 aromatic rings. The molecule has 0 spiro atoms. The predicted molar refractivity (Wildman–Crippen MR) is 72.6 cm³/mol. The summed E-state index contributed by atoms with van der Waals surface area (Å²) >= 11 is 0. The molecule has 2 aliphatic rings. The van der Waals surface area contributed by atoms with Gasteiger partial charge in [-0.15, -0.1) is 0 Å². The molecule has 3 nitrogen and oxygen atoms in total. The van der Waals surface area contributed by atoms with E-state index < -0.39 is 9.84 Å². The molecule has 1 unspecified atom stereocenters. The van der Waals surface area contributed by atoms with Crippen molar-refractivity contribution in [2.24, 2.45) is 0 Å². The SMILES string of the molecule is O=S1(=O)CCC(NCC2Cc3ccccc32)CC1. The van der Waals surface area contributed by atoms with Crippen LogP contribution in [-0.4, -0.2) is 32.5 Å². The van der Waals surface area contributed by atoms with Crippen LogP contribution in [0.15, 0.2) is 24.3 Å². The Morgan fingerprint density at radius 2 is 1.89 bits per heavy atom. The lowest BCUT2D eigenvalue weighted by Gasteiger charge is -2.32. The third-order valence-electron chi connectivity index (χ3n) is 4.17. The van der Waals surface area contributed by atoms with Crippen LogP contribution in [0.3, 0.4) is 0 Å². The molecule has 0 aromatic heterocycles. The van der Waals surface area contributed by atoms with Gasteiger partial charge in [0.15, 0.2) is 0 Å². The van der Waals surface area contributed by atoms with Crippen LogP contribution in [0.2, 0.25) is 0 Å². The topological polar surface area (TPSA) is 46.2 Å². The first-order valence-electron chi connectivity index (χ1n) is 6.66. The van der Waals surface area contributed by atoms with Gasteiger partial charge >= 0.3 is 0 Å². The van der Waals surface area contributed by atoms with E-state index in [2.05, 4.69) is 29.6 Å². The van der Waals surface area contributed by atoms with Crippen LogP contribution in [0.4, 0.5) is 0 Å². The second-order valence-corrected chi connectivity index (χ2v) is 7.74. The minimum absolute atomic E-state index is 0.353. The van der Waals surface area contributed by atoms with Gasteiger partial charge in [-0.25, -0.2) is 8.42 Å². The molecule has 1 aliphatic carbocycles. The lowest BCUT2D eigenvalue weighted by atomic mass is 9.77. The van der Waals surface area contributed by atoms with Gasteiger partial charge in [0.2, 0.25) is 0 Å². The van der Waals surface area contributed by atoms with Crippen molar-refractivity contribution in [3.8, 4) is 0 Å². The first kappa shape index (κ1) is 12.2. The number of rotatable bonds is 3. The molecule has 1 aromatic carbocycles. The Hall–Kier alpha value is -0.870. The Morgan fingerprint density at radius 1 is 1.17 bits per heavy atom. The van der Waals surface area contributed by atoms with E-state index in [0.717, 1.165) is 25.8 Å². The van der Waals surface area contributed by atoms with Gasteiger partial charge in [-0.1, -0.05) is 24.3 Å². The van der Waals surface area contributed by atoms with Gasteiger partial charge in [-0.3, -0.25) is 0 Å². The van der Waals surface area contributed by atoms with Crippen molar-refractivity contribution in [2.75, 3.05) is 18.1 Å². The quantitative estimate of drug-likeness (QED) is 0.901. The number of nitrogens with one attached hydrogen (secondary N) is 1. The summed E-state index contributed by atoms with van der Waals surface area (Å²) in [6, 6.07) is 8.98. The van der Waals surface area contributed by atoms with Gasteiger partial charge in [0, 0.05) is 18.5 Å². The van der Waals surface area contributed by atoms with Crippen LogP contribution >= 0.6 is 0 Å². The first-order chi connectivity index (χ1) is 8.64. The fraction of sp³-hybridized carbons (Fsp3) is 0.571. The van der Waals surface area contributed by atoms with Gasteiger partial charge in [0.25, 0.3) is 0 Å². The highest BCUT2D eigenvalue weighted by molar-refractivity contribution is 7.91. The average molecular weight is 265 g/mol. The summed E-state index contributed by atoms with van der Waals surface area (Å²) < 4.78 is 22.7. The van der Waals surface area contributed by atoms with E-state index in [1.807, 2.05) is 0 Å². The van der Waals surface area contributed by atoms with Crippen molar-refractivity contribution in [2.45, 2.75) is 31.2 Å². The van der Waals surface area contributed by atoms with Gasteiger partial charge in [0.05, 0.1) is 11.5 Å². The number of hydrogen-bond donors (Lipinski definition) is 1. The van der Waals surface area contributed by atoms with E-state index >= 15 is 0 Å². The van der Waals surface area contributed by atoms with Crippen molar-refractivity contribution >= 4 is 9.84 Å². The van der Waals surface area contributed by atoms with E-state index in [1.165, 1.54) is 11.1 Å². The predicted octanol–water partition coefficient (Wildman–Crippen LogP) is 1.49. The Labute approximate surface area is 109 Å². The monoisotopic (exact) mass is 265 g/mol. The van der Waals surface area contributed by atoms with E-state index in [9.17, 15) is 8.42 Å². The molecule has 1 saturated heterocycles. The second-order valence-electron chi connectivity index (χ2n) is 5.43.